The number of aryl methyl sites for hydroxylation is 1. The van der Waals surface area contributed by atoms with Gasteiger partial charge in [0, 0.05) is 5.69 Å². The number of benzene rings is 2. The average molecular weight is 321 g/mol. The number of nitrogens with zero attached hydrogens (tertiary/aromatic N) is 3. The first-order chi connectivity index (χ1) is 11.6. The van der Waals surface area contributed by atoms with Gasteiger partial charge in [0.2, 0.25) is 17.8 Å². The van der Waals surface area contributed by atoms with Crippen LogP contribution in [0, 0.1) is 6.92 Å². The Morgan fingerprint density at radius 3 is 2.88 bits per heavy atom. The number of hydrogen-bond acceptors (Lipinski definition) is 4. The molecule has 2 amide bonds. The van der Waals surface area contributed by atoms with Gasteiger partial charge in [0.05, 0.1) is 6.42 Å². The van der Waals surface area contributed by atoms with Crippen LogP contribution in [0.1, 0.15) is 18.3 Å². The zero-order chi connectivity index (χ0) is 16.7. The van der Waals surface area contributed by atoms with Gasteiger partial charge in [-0.2, -0.15) is 10.1 Å². The first-order valence-electron chi connectivity index (χ1n) is 7.63. The minimum atomic E-state index is -0.707. The highest BCUT2D eigenvalue weighted by Crippen LogP contribution is 2.25. The molecule has 2 aromatic carbocycles. The molecule has 0 bridgehead atoms. The minimum absolute atomic E-state index is 0.0369. The maximum absolute atomic E-state index is 12.6. The molecule has 4 rings (SSSR count). The molecule has 0 aliphatic carbocycles. The van der Waals surface area contributed by atoms with E-state index >= 15 is 0 Å². The summed E-state index contributed by atoms with van der Waals surface area (Å²) in [4.78, 5) is 28.6. The molecule has 1 aromatic heterocycles. The molecule has 7 nitrogen and oxygen atoms in total. The van der Waals surface area contributed by atoms with Crippen LogP contribution in [-0.4, -0.2) is 26.6 Å². The number of amides is 2. The molecule has 1 aliphatic heterocycles. The van der Waals surface area contributed by atoms with E-state index in [0.717, 1.165) is 10.8 Å². The molecular formula is C17H15N5O2. The van der Waals surface area contributed by atoms with Crippen LogP contribution in [0.3, 0.4) is 0 Å². The number of rotatable bonds is 2. The monoisotopic (exact) mass is 321 g/mol. The van der Waals surface area contributed by atoms with Gasteiger partial charge in [-0.15, -0.1) is 0 Å². The third kappa shape index (κ3) is 2.50. The molecule has 0 saturated heterocycles. The minimum Gasteiger partial charge on any atom is -0.324 e. The molecule has 1 atom stereocenters. The van der Waals surface area contributed by atoms with Gasteiger partial charge in [-0.3, -0.25) is 14.9 Å². The molecule has 2 heterocycles. The van der Waals surface area contributed by atoms with Crippen molar-refractivity contribution in [3.05, 3.63) is 48.3 Å². The number of aromatic nitrogens is 3. The Bertz CT molecular complexity index is 963. The Morgan fingerprint density at radius 2 is 2.04 bits per heavy atom. The number of carbonyl (C=O) groups excluding carboxylic acids is 2. The predicted octanol–water partition coefficient (Wildman–Crippen LogP) is 2.26. The van der Waals surface area contributed by atoms with E-state index in [1.54, 1.807) is 6.92 Å². The quantitative estimate of drug-likeness (QED) is 0.758. The molecule has 1 aliphatic rings. The van der Waals surface area contributed by atoms with Gasteiger partial charge in [-0.1, -0.05) is 30.3 Å². The molecule has 7 heteroatoms. The molecule has 0 radical (unpaired) electrons. The smallest absolute Gasteiger partial charge is 0.249 e. The molecule has 0 spiro atoms. The summed E-state index contributed by atoms with van der Waals surface area (Å²) >= 11 is 0. The fourth-order valence-electron chi connectivity index (χ4n) is 2.87. The molecule has 2 N–H and O–H groups in total. The molecule has 3 aromatic rings. The molecular weight excluding hydrogens is 306 g/mol. The van der Waals surface area contributed by atoms with Crippen molar-refractivity contribution in [3.8, 4) is 0 Å². The molecule has 0 saturated carbocycles. The van der Waals surface area contributed by atoms with Crippen molar-refractivity contribution >= 4 is 34.2 Å². The van der Waals surface area contributed by atoms with Crippen LogP contribution < -0.4 is 10.6 Å². The Balaban J connectivity index is 1.62. The summed E-state index contributed by atoms with van der Waals surface area (Å²) in [6.07, 6.45) is 0.0369. The third-order valence-electron chi connectivity index (χ3n) is 3.98. The van der Waals surface area contributed by atoms with E-state index in [1.165, 1.54) is 4.68 Å². The second-order valence-corrected chi connectivity index (χ2v) is 5.75. The van der Waals surface area contributed by atoms with Gasteiger partial charge in [-0.25, -0.2) is 4.68 Å². The Labute approximate surface area is 137 Å². The van der Waals surface area contributed by atoms with E-state index in [1.807, 2.05) is 42.5 Å². The lowest BCUT2D eigenvalue weighted by Crippen LogP contribution is -2.36. The molecule has 120 valence electrons. The summed E-state index contributed by atoms with van der Waals surface area (Å²) in [7, 11) is 0. The zero-order valence-electron chi connectivity index (χ0n) is 13.0. The molecule has 0 fully saturated rings. The largest absolute Gasteiger partial charge is 0.324 e. The highest BCUT2D eigenvalue weighted by molar-refractivity contribution is 6.01. The van der Waals surface area contributed by atoms with Crippen LogP contribution in [0.4, 0.5) is 11.6 Å². The summed E-state index contributed by atoms with van der Waals surface area (Å²) < 4.78 is 1.47. The topological polar surface area (TPSA) is 88.9 Å². The highest BCUT2D eigenvalue weighted by Gasteiger charge is 2.32. The van der Waals surface area contributed by atoms with Crippen LogP contribution >= 0.6 is 0 Å². The van der Waals surface area contributed by atoms with E-state index in [0.29, 0.717) is 17.5 Å². The lowest BCUT2D eigenvalue weighted by atomic mass is 10.1. The maximum atomic E-state index is 12.6. The van der Waals surface area contributed by atoms with Crippen molar-refractivity contribution < 1.29 is 9.59 Å². The number of carbonyl (C=O) groups is 2. The molecule has 0 unspecified atom stereocenters. The first kappa shape index (κ1) is 14.4. The van der Waals surface area contributed by atoms with Crippen molar-refractivity contribution in [2.45, 2.75) is 19.4 Å². The number of nitrogens with one attached hydrogen (secondary N) is 2. The SMILES string of the molecule is Cc1nc2n(n1)[C@@H](C(=O)Nc1ccc3ccccc3c1)CC(=O)N2. The average Bonchev–Trinajstić information content (AvgIpc) is 2.93. The lowest BCUT2D eigenvalue weighted by Gasteiger charge is -2.22. The van der Waals surface area contributed by atoms with E-state index in [9.17, 15) is 9.59 Å². The van der Waals surface area contributed by atoms with Crippen LogP contribution in [0.25, 0.3) is 10.8 Å². The van der Waals surface area contributed by atoms with Gasteiger partial charge in [-0.05, 0) is 29.8 Å². The van der Waals surface area contributed by atoms with Gasteiger partial charge in [0.1, 0.15) is 11.9 Å². The molecule has 24 heavy (non-hydrogen) atoms. The second kappa shape index (κ2) is 5.45. The first-order valence-corrected chi connectivity index (χ1v) is 7.63. The van der Waals surface area contributed by atoms with E-state index in [4.69, 9.17) is 0 Å². The Hall–Kier alpha value is -3.22. The summed E-state index contributed by atoms with van der Waals surface area (Å²) in [5.74, 6) is 0.290. The number of anilines is 2. The lowest BCUT2D eigenvalue weighted by molar-refractivity contribution is -0.125. The predicted molar refractivity (Wildman–Crippen MR) is 89.6 cm³/mol. The fourth-order valence-corrected chi connectivity index (χ4v) is 2.87. The van der Waals surface area contributed by atoms with Gasteiger partial charge >= 0.3 is 0 Å². The normalized spacial score (nSPS) is 16.5. The van der Waals surface area contributed by atoms with Gasteiger partial charge in [0.15, 0.2) is 0 Å². The van der Waals surface area contributed by atoms with Crippen LogP contribution in [0.15, 0.2) is 42.5 Å². The fraction of sp³-hybridized carbons (Fsp3) is 0.176. The van der Waals surface area contributed by atoms with E-state index < -0.39 is 6.04 Å². The Morgan fingerprint density at radius 1 is 1.25 bits per heavy atom. The summed E-state index contributed by atoms with van der Waals surface area (Å²) in [5.41, 5.74) is 0.683. The zero-order valence-corrected chi connectivity index (χ0v) is 13.0. The Kier molecular flexibility index (Phi) is 3.26. The summed E-state index contributed by atoms with van der Waals surface area (Å²) in [6.45, 7) is 1.72. The van der Waals surface area contributed by atoms with Crippen molar-refractivity contribution in [3.63, 3.8) is 0 Å². The van der Waals surface area contributed by atoms with E-state index in [-0.39, 0.29) is 18.2 Å². The van der Waals surface area contributed by atoms with Crippen LogP contribution in [0.2, 0.25) is 0 Å². The third-order valence-corrected chi connectivity index (χ3v) is 3.98. The van der Waals surface area contributed by atoms with Crippen molar-refractivity contribution in [2.75, 3.05) is 10.6 Å². The van der Waals surface area contributed by atoms with Gasteiger partial charge in [0.25, 0.3) is 0 Å². The van der Waals surface area contributed by atoms with Gasteiger partial charge < -0.3 is 5.32 Å². The second-order valence-electron chi connectivity index (χ2n) is 5.75. The highest BCUT2D eigenvalue weighted by atomic mass is 16.2. The maximum Gasteiger partial charge on any atom is 0.249 e. The van der Waals surface area contributed by atoms with E-state index in [2.05, 4.69) is 20.7 Å². The van der Waals surface area contributed by atoms with Crippen molar-refractivity contribution in [1.29, 1.82) is 0 Å². The number of hydrogen-bond donors (Lipinski definition) is 2. The van der Waals surface area contributed by atoms with Crippen molar-refractivity contribution in [1.82, 2.24) is 14.8 Å². The van der Waals surface area contributed by atoms with Crippen molar-refractivity contribution in [2.24, 2.45) is 0 Å². The standard InChI is InChI=1S/C17H15N5O2/c1-10-18-17-20-15(23)9-14(22(17)21-10)16(24)19-13-7-6-11-4-2-3-5-12(11)8-13/h2-8,14H,9H2,1H3,(H,19,24)(H,18,20,21,23)/t14-/m1/s1. The number of fused-ring (bicyclic) bond motifs is 2. The summed E-state index contributed by atoms with van der Waals surface area (Å²) in [5, 5.41) is 11.8. The summed E-state index contributed by atoms with van der Waals surface area (Å²) in [6, 6.07) is 12.9. The van der Waals surface area contributed by atoms with Crippen LogP contribution in [0.5, 0.6) is 0 Å². The van der Waals surface area contributed by atoms with Crippen LogP contribution in [-0.2, 0) is 9.59 Å².